The molecule has 0 aliphatic carbocycles. The summed E-state index contributed by atoms with van der Waals surface area (Å²) in [6.07, 6.45) is 0. The fraction of sp³-hybridized carbons (Fsp3) is 0. The molecule has 7 nitrogen and oxygen atoms in total. The van der Waals surface area contributed by atoms with Gasteiger partial charge in [-0.15, -0.1) is 15.3 Å². The number of benzene rings is 1. The molecule has 0 spiro atoms. The van der Waals surface area contributed by atoms with Gasteiger partial charge in [0, 0.05) is 11.6 Å². The molecule has 106 valence electrons. The van der Waals surface area contributed by atoms with E-state index in [4.69, 9.17) is 10.5 Å². The summed E-state index contributed by atoms with van der Waals surface area (Å²) < 4.78 is 21.0. The summed E-state index contributed by atoms with van der Waals surface area (Å²) >= 11 is 3.17. The summed E-state index contributed by atoms with van der Waals surface area (Å²) in [5, 5.41) is 11.7. The maximum absolute atomic E-state index is 13.8. The van der Waals surface area contributed by atoms with Crippen LogP contribution in [0.25, 0.3) is 5.65 Å². The maximum atomic E-state index is 13.8. The van der Waals surface area contributed by atoms with Crippen LogP contribution in [0.3, 0.4) is 0 Å². The highest BCUT2D eigenvalue weighted by Crippen LogP contribution is 2.24. The molecule has 1 amide bonds. The van der Waals surface area contributed by atoms with Crippen molar-refractivity contribution in [1.82, 2.24) is 19.8 Å². The standard InChI is InChI=1S/C12H7BrFN5O2/c13-12-17-16-9-3-4-10(18-19(9)12)21-8-2-1-6(11(15)20)5-7(8)14/h1-5H,(H2,15,20). The second-order valence-corrected chi connectivity index (χ2v) is 4.73. The van der Waals surface area contributed by atoms with Gasteiger partial charge in [-0.1, -0.05) is 0 Å². The number of halogens is 2. The van der Waals surface area contributed by atoms with Crippen LogP contribution >= 0.6 is 15.9 Å². The highest BCUT2D eigenvalue weighted by Gasteiger charge is 2.11. The van der Waals surface area contributed by atoms with Gasteiger partial charge in [0.1, 0.15) is 0 Å². The van der Waals surface area contributed by atoms with Crippen molar-refractivity contribution >= 4 is 27.5 Å². The van der Waals surface area contributed by atoms with Gasteiger partial charge in [-0.25, -0.2) is 4.39 Å². The first-order chi connectivity index (χ1) is 10.0. The molecule has 0 bridgehead atoms. The van der Waals surface area contributed by atoms with E-state index in [1.165, 1.54) is 22.7 Å². The number of ether oxygens (including phenoxy) is 1. The van der Waals surface area contributed by atoms with E-state index in [1.807, 2.05) is 0 Å². The number of aromatic nitrogens is 4. The average molecular weight is 352 g/mol. The molecule has 2 aromatic heterocycles. The van der Waals surface area contributed by atoms with Gasteiger partial charge < -0.3 is 10.5 Å². The monoisotopic (exact) mass is 351 g/mol. The molecular weight excluding hydrogens is 345 g/mol. The Morgan fingerprint density at radius 2 is 2.10 bits per heavy atom. The molecule has 0 atom stereocenters. The van der Waals surface area contributed by atoms with Crippen molar-refractivity contribution in [2.24, 2.45) is 5.73 Å². The van der Waals surface area contributed by atoms with Crippen LogP contribution in [0.1, 0.15) is 10.4 Å². The second-order valence-electron chi connectivity index (χ2n) is 4.02. The summed E-state index contributed by atoms with van der Waals surface area (Å²) in [6.45, 7) is 0. The van der Waals surface area contributed by atoms with E-state index < -0.39 is 11.7 Å². The molecule has 0 saturated heterocycles. The lowest BCUT2D eigenvalue weighted by Crippen LogP contribution is -2.11. The summed E-state index contributed by atoms with van der Waals surface area (Å²) in [5.41, 5.74) is 5.64. The van der Waals surface area contributed by atoms with Crippen LogP contribution in [0.15, 0.2) is 35.1 Å². The van der Waals surface area contributed by atoms with Crippen LogP contribution in [0.5, 0.6) is 11.6 Å². The number of primary amides is 1. The first-order valence-corrected chi connectivity index (χ1v) is 6.49. The number of nitrogens with zero attached hydrogens (tertiary/aromatic N) is 4. The van der Waals surface area contributed by atoms with E-state index in [0.717, 1.165) is 6.07 Å². The Morgan fingerprint density at radius 3 is 2.81 bits per heavy atom. The number of fused-ring (bicyclic) bond motifs is 1. The van der Waals surface area contributed by atoms with Gasteiger partial charge >= 0.3 is 0 Å². The van der Waals surface area contributed by atoms with Crippen LogP contribution in [0.2, 0.25) is 0 Å². The summed E-state index contributed by atoms with van der Waals surface area (Å²) in [5.74, 6) is -1.35. The van der Waals surface area contributed by atoms with Crippen molar-refractivity contribution in [3.8, 4) is 11.6 Å². The zero-order valence-corrected chi connectivity index (χ0v) is 11.9. The number of hydrogen-bond acceptors (Lipinski definition) is 5. The molecule has 21 heavy (non-hydrogen) atoms. The van der Waals surface area contributed by atoms with E-state index >= 15 is 0 Å². The van der Waals surface area contributed by atoms with Gasteiger partial charge in [0.15, 0.2) is 17.2 Å². The van der Waals surface area contributed by atoms with Gasteiger partial charge in [0.2, 0.25) is 16.5 Å². The summed E-state index contributed by atoms with van der Waals surface area (Å²) in [6, 6.07) is 6.83. The minimum atomic E-state index is -0.714. The largest absolute Gasteiger partial charge is 0.434 e. The fourth-order valence-corrected chi connectivity index (χ4v) is 1.99. The van der Waals surface area contributed by atoms with E-state index in [-0.39, 0.29) is 17.2 Å². The molecular formula is C12H7BrFN5O2. The number of nitrogens with two attached hydrogens (primary N) is 1. The SMILES string of the molecule is NC(=O)c1ccc(Oc2ccc3nnc(Br)n3n2)c(F)c1. The van der Waals surface area contributed by atoms with Crippen LogP contribution in [-0.2, 0) is 0 Å². The molecule has 0 radical (unpaired) electrons. The normalized spacial score (nSPS) is 10.8. The van der Waals surface area contributed by atoms with Crippen LogP contribution in [0, 0.1) is 5.82 Å². The number of amides is 1. The van der Waals surface area contributed by atoms with E-state index in [9.17, 15) is 9.18 Å². The Labute approximate surface area is 125 Å². The zero-order valence-electron chi connectivity index (χ0n) is 10.3. The third kappa shape index (κ3) is 2.55. The number of carbonyl (C=O) groups excluding carboxylic acids is 1. The van der Waals surface area contributed by atoms with Crippen molar-refractivity contribution in [2.45, 2.75) is 0 Å². The molecule has 1 aromatic carbocycles. The van der Waals surface area contributed by atoms with Crippen LogP contribution in [-0.4, -0.2) is 25.7 Å². The molecule has 0 fully saturated rings. The number of rotatable bonds is 3. The molecule has 2 N–H and O–H groups in total. The smallest absolute Gasteiger partial charge is 0.248 e. The third-order valence-corrected chi connectivity index (χ3v) is 3.13. The predicted molar refractivity (Wildman–Crippen MR) is 73.5 cm³/mol. The predicted octanol–water partition coefficient (Wildman–Crippen LogP) is 1.92. The minimum Gasteiger partial charge on any atom is -0.434 e. The van der Waals surface area contributed by atoms with E-state index in [2.05, 4.69) is 31.2 Å². The zero-order chi connectivity index (χ0) is 15.0. The van der Waals surface area contributed by atoms with Gasteiger partial charge in [-0.3, -0.25) is 4.79 Å². The topological polar surface area (TPSA) is 95.4 Å². The van der Waals surface area contributed by atoms with Gasteiger partial charge in [-0.2, -0.15) is 4.52 Å². The summed E-state index contributed by atoms with van der Waals surface area (Å²) in [7, 11) is 0. The Kier molecular flexibility index (Phi) is 3.26. The Morgan fingerprint density at radius 1 is 1.29 bits per heavy atom. The molecule has 0 unspecified atom stereocenters. The highest BCUT2D eigenvalue weighted by atomic mass is 79.9. The van der Waals surface area contributed by atoms with E-state index in [1.54, 1.807) is 6.07 Å². The summed E-state index contributed by atoms with van der Waals surface area (Å²) in [4.78, 5) is 11.0. The Bertz CT molecular complexity index is 851. The third-order valence-electron chi connectivity index (χ3n) is 2.63. The van der Waals surface area contributed by atoms with Gasteiger partial charge in [0.25, 0.3) is 0 Å². The lowest BCUT2D eigenvalue weighted by atomic mass is 10.2. The molecule has 0 aliphatic rings. The van der Waals surface area contributed by atoms with Crippen molar-refractivity contribution in [3.05, 3.63) is 46.4 Å². The fourth-order valence-electron chi connectivity index (χ4n) is 1.65. The van der Waals surface area contributed by atoms with Crippen LogP contribution < -0.4 is 10.5 Å². The highest BCUT2D eigenvalue weighted by molar-refractivity contribution is 9.10. The molecule has 3 aromatic rings. The first kappa shape index (κ1) is 13.4. The molecule has 3 rings (SSSR count). The molecule has 2 heterocycles. The molecule has 0 aliphatic heterocycles. The molecule has 0 saturated carbocycles. The van der Waals surface area contributed by atoms with Crippen molar-refractivity contribution < 1.29 is 13.9 Å². The lowest BCUT2D eigenvalue weighted by Gasteiger charge is -2.06. The number of carbonyl (C=O) groups is 1. The molecule has 9 heteroatoms. The maximum Gasteiger partial charge on any atom is 0.248 e. The van der Waals surface area contributed by atoms with Gasteiger partial charge in [-0.05, 0) is 40.2 Å². The average Bonchev–Trinajstić information content (AvgIpc) is 2.82. The number of hydrogen-bond donors (Lipinski definition) is 1. The van der Waals surface area contributed by atoms with Crippen molar-refractivity contribution in [3.63, 3.8) is 0 Å². The van der Waals surface area contributed by atoms with Crippen LogP contribution in [0.4, 0.5) is 4.39 Å². The Hall–Kier alpha value is -2.55. The van der Waals surface area contributed by atoms with Gasteiger partial charge in [0.05, 0.1) is 0 Å². The first-order valence-electron chi connectivity index (χ1n) is 5.70. The second kappa shape index (κ2) is 5.09. The van der Waals surface area contributed by atoms with E-state index in [0.29, 0.717) is 10.4 Å². The minimum absolute atomic E-state index is 0.0600. The lowest BCUT2D eigenvalue weighted by molar-refractivity contribution is 0.1000. The quantitative estimate of drug-likeness (QED) is 0.777. The van der Waals surface area contributed by atoms with Crippen molar-refractivity contribution in [2.75, 3.05) is 0 Å². The van der Waals surface area contributed by atoms with Crippen molar-refractivity contribution in [1.29, 1.82) is 0 Å². The Balaban J connectivity index is 1.94.